The number of carbonyl (C=O) groups excluding carboxylic acids is 4. The van der Waals surface area contributed by atoms with Gasteiger partial charge in [0, 0.05) is 23.7 Å². The summed E-state index contributed by atoms with van der Waals surface area (Å²) in [6.07, 6.45) is 3.26. The van der Waals surface area contributed by atoms with E-state index in [0.29, 0.717) is 41.1 Å². The Morgan fingerprint density at radius 1 is 1.02 bits per heavy atom. The molecule has 1 spiro atoms. The van der Waals surface area contributed by atoms with E-state index in [1.165, 1.54) is 9.80 Å². The number of benzene rings is 3. The molecule has 7 atom stereocenters. The predicted molar refractivity (Wildman–Crippen MR) is 192 cm³/mol. The summed E-state index contributed by atoms with van der Waals surface area (Å²) in [5, 5.41) is 14.2. The molecule has 6 rings (SSSR count). The van der Waals surface area contributed by atoms with Crippen molar-refractivity contribution < 1.29 is 33.8 Å². The Hall–Kier alpha value is -4.77. The monoisotopic (exact) mass is 711 g/mol. The first-order valence-corrected chi connectivity index (χ1v) is 17.6. The third-order valence-corrected chi connectivity index (χ3v) is 10.4. The minimum Gasteiger partial charge on any atom is -0.455 e. The molecule has 51 heavy (non-hydrogen) atoms. The zero-order valence-electron chi connectivity index (χ0n) is 28.2. The zero-order valence-corrected chi connectivity index (χ0v) is 29.0. The third-order valence-electron chi connectivity index (χ3n) is 10.1. The SMILES string of the molecule is C=CCCC(=O)NC[C@H](OC(=O)[C@@H]1[C@@H]2CC[C@]3(O2)[C@H](C(=O)N(CC=C)c2ccc(Cl)cc2)N([C@H](CO)c2ccccc2)C(=O)[C@@H]13)c1ccccc1. The Balaban J connectivity index is 1.37. The minimum absolute atomic E-state index is 0.0269. The van der Waals surface area contributed by atoms with Crippen molar-refractivity contribution in [2.75, 3.05) is 24.6 Å². The fourth-order valence-electron chi connectivity index (χ4n) is 7.87. The Bertz CT molecular complexity index is 1750. The molecule has 3 amide bonds. The molecule has 266 valence electrons. The maximum absolute atomic E-state index is 14.9. The van der Waals surface area contributed by atoms with Crippen molar-refractivity contribution >= 4 is 41.0 Å². The number of nitrogens with zero attached hydrogens (tertiary/aromatic N) is 2. The standard InChI is InChI=1S/C40H42ClN3O7/c1-3-5-16-33(46)42-24-32(27-14-10-7-11-15-27)50-39(49)34-31-21-22-40(51-31)35(34)37(47)44(30(25-45)26-12-8-6-9-13-26)36(40)38(48)43(23-4-2)29-19-17-28(41)18-20-29/h3-4,6-15,17-20,30-32,34-36,45H,1-2,5,16,21-25H2,(H,42,46)/t30-,31+,32+,34-,35-,36+,40-/m1/s1. The molecule has 3 heterocycles. The van der Waals surface area contributed by atoms with Gasteiger partial charge in [-0.3, -0.25) is 19.2 Å². The van der Waals surface area contributed by atoms with Crippen LogP contribution in [0.25, 0.3) is 0 Å². The van der Waals surface area contributed by atoms with E-state index in [0.717, 1.165) is 0 Å². The van der Waals surface area contributed by atoms with Crippen molar-refractivity contribution in [1.82, 2.24) is 10.2 Å². The van der Waals surface area contributed by atoms with Crippen molar-refractivity contribution in [2.24, 2.45) is 11.8 Å². The number of likely N-dealkylation sites (tertiary alicyclic amines) is 1. The first kappa shape index (κ1) is 36.0. The predicted octanol–water partition coefficient (Wildman–Crippen LogP) is 5.33. The number of rotatable bonds is 15. The van der Waals surface area contributed by atoms with Gasteiger partial charge in [-0.05, 0) is 54.7 Å². The van der Waals surface area contributed by atoms with Crippen LogP contribution >= 0.6 is 11.6 Å². The smallest absolute Gasteiger partial charge is 0.313 e. The molecular formula is C40H42ClN3O7. The van der Waals surface area contributed by atoms with Gasteiger partial charge in [-0.1, -0.05) is 84.4 Å². The Morgan fingerprint density at radius 2 is 1.69 bits per heavy atom. The van der Waals surface area contributed by atoms with Crippen molar-refractivity contribution in [2.45, 2.75) is 55.6 Å². The van der Waals surface area contributed by atoms with Crippen LogP contribution in [0.5, 0.6) is 0 Å². The molecule has 0 saturated carbocycles. The largest absolute Gasteiger partial charge is 0.455 e. The van der Waals surface area contributed by atoms with E-state index in [2.05, 4.69) is 18.5 Å². The molecule has 3 aromatic carbocycles. The van der Waals surface area contributed by atoms with E-state index in [9.17, 15) is 24.3 Å². The number of hydrogen-bond donors (Lipinski definition) is 2. The van der Waals surface area contributed by atoms with Crippen LogP contribution in [0.4, 0.5) is 5.69 Å². The van der Waals surface area contributed by atoms with Gasteiger partial charge in [0.2, 0.25) is 11.8 Å². The molecule has 3 aromatic rings. The van der Waals surface area contributed by atoms with E-state index in [1.54, 1.807) is 72.8 Å². The van der Waals surface area contributed by atoms with Gasteiger partial charge in [0.25, 0.3) is 5.91 Å². The molecule has 3 aliphatic heterocycles. The lowest BCUT2D eigenvalue weighted by molar-refractivity contribution is -0.161. The van der Waals surface area contributed by atoms with E-state index >= 15 is 0 Å². The Labute approximate surface area is 302 Å². The molecule has 11 heteroatoms. The van der Waals surface area contributed by atoms with Crippen LogP contribution in [0.2, 0.25) is 5.02 Å². The van der Waals surface area contributed by atoms with Crippen molar-refractivity contribution in [3.05, 3.63) is 126 Å². The van der Waals surface area contributed by atoms with E-state index in [1.807, 2.05) is 24.3 Å². The summed E-state index contributed by atoms with van der Waals surface area (Å²) in [6.45, 7) is 7.21. The molecule has 3 aliphatic rings. The van der Waals surface area contributed by atoms with Gasteiger partial charge in [0.05, 0.1) is 37.1 Å². The van der Waals surface area contributed by atoms with Crippen LogP contribution in [-0.2, 0) is 28.7 Å². The summed E-state index contributed by atoms with van der Waals surface area (Å²) in [6, 6.07) is 22.8. The lowest BCUT2D eigenvalue weighted by Crippen LogP contribution is -2.57. The van der Waals surface area contributed by atoms with Gasteiger partial charge in [0.15, 0.2) is 0 Å². The third kappa shape index (κ3) is 6.96. The molecule has 0 aliphatic carbocycles. The number of fused-ring (bicyclic) bond motifs is 1. The molecule has 2 N–H and O–H groups in total. The topological polar surface area (TPSA) is 125 Å². The second-order valence-corrected chi connectivity index (χ2v) is 13.5. The lowest BCUT2D eigenvalue weighted by atomic mass is 9.70. The van der Waals surface area contributed by atoms with Gasteiger partial charge in [0.1, 0.15) is 17.7 Å². The van der Waals surface area contributed by atoms with Crippen LogP contribution in [0.3, 0.4) is 0 Å². The van der Waals surface area contributed by atoms with Gasteiger partial charge in [-0.25, -0.2) is 0 Å². The molecule has 0 unspecified atom stereocenters. The number of hydrogen-bond acceptors (Lipinski definition) is 7. The van der Waals surface area contributed by atoms with Crippen molar-refractivity contribution in [3.8, 4) is 0 Å². The zero-order chi connectivity index (χ0) is 36.1. The second kappa shape index (κ2) is 15.6. The number of allylic oxidation sites excluding steroid dienone is 1. The highest BCUT2D eigenvalue weighted by Crippen LogP contribution is 2.60. The molecule has 10 nitrogen and oxygen atoms in total. The molecule has 0 radical (unpaired) electrons. The van der Waals surface area contributed by atoms with Crippen molar-refractivity contribution in [3.63, 3.8) is 0 Å². The van der Waals surface area contributed by atoms with Gasteiger partial charge in [-0.15, -0.1) is 13.2 Å². The number of ether oxygens (including phenoxy) is 2. The second-order valence-electron chi connectivity index (χ2n) is 13.1. The van der Waals surface area contributed by atoms with Gasteiger partial charge >= 0.3 is 5.97 Å². The maximum Gasteiger partial charge on any atom is 0.313 e. The maximum atomic E-state index is 14.9. The van der Waals surface area contributed by atoms with E-state index in [-0.39, 0.29) is 25.4 Å². The number of carbonyl (C=O) groups is 4. The van der Waals surface area contributed by atoms with Crippen LogP contribution < -0.4 is 10.2 Å². The molecule has 3 fully saturated rings. The Morgan fingerprint density at radius 3 is 2.31 bits per heavy atom. The van der Waals surface area contributed by atoms with Crippen molar-refractivity contribution in [1.29, 1.82) is 0 Å². The highest BCUT2D eigenvalue weighted by Gasteiger charge is 2.76. The van der Waals surface area contributed by atoms with Crippen LogP contribution in [0, 0.1) is 11.8 Å². The fraction of sp³-hybridized carbons (Fsp3) is 0.350. The van der Waals surface area contributed by atoms with Crippen LogP contribution in [-0.4, -0.2) is 71.1 Å². The van der Waals surface area contributed by atoms with E-state index < -0.39 is 66.1 Å². The first-order valence-electron chi connectivity index (χ1n) is 17.2. The minimum atomic E-state index is -1.36. The highest BCUT2D eigenvalue weighted by molar-refractivity contribution is 6.30. The Kier molecular flexibility index (Phi) is 11.0. The summed E-state index contributed by atoms with van der Waals surface area (Å²) in [4.78, 5) is 59.6. The number of aliphatic hydroxyl groups is 1. The summed E-state index contributed by atoms with van der Waals surface area (Å²) in [5.41, 5.74) is 0.488. The number of nitrogens with one attached hydrogen (secondary N) is 1. The number of amides is 3. The average Bonchev–Trinajstić information content (AvgIpc) is 3.80. The van der Waals surface area contributed by atoms with Crippen LogP contribution in [0.15, 0.2) is 110 Å². The quantitative estimate of drug-likeness (QED) is 0.161. The molecule has 0 aromatic heterocycles. The summed E-state index contributed by atoms with van der Waals surface area (Å²) in [7, 11) is 0. The van der Waals surface area contributed by atoms with Crippen LogP contribution in [0.1, 0.15) is 49.0 Å². The number of anilines is 1. The van der Waals surface area contributed by atoms with Gasteiger partial charge in [-0.2, -0.15) is 0 Å². The average molecular weight is 712 g/mol. The number of halogens is 1. The summed E-state index contributed by atoms with van der Waals surface area (Å²) in [5.74, 6) is -3.83. The normalized spacial score (nSPS) is 24.4. The highest BCUT2D eigenvalue weighted by atomic mass is 35.5. The molecule has 3 saturated heterocycles. The molecular weight excluding hydrogens is 670 g/mol. The summed E-state index contributed by atoms with van der Waals surface area (Å²) < 4.78 is 12.8. The summed E-state index contributed by atoms with van der Waals surface area (Å²) >= 11 is 6.18. The number of aliphatic hydroxyl groups excluding tert-OH is 1. The first-order chi connectivity index (χ1) is 24.7. The fourth-order valence-corrected chi connectivity index (χ4v) is 7.99. The lowest BCUT2D eigenvalue weighted by Gasteiger charge is -2.39. The van der Waals surface area contributed by atoms with Gasteiger partial charge < -0.3 is 29.7 Å². The van der Waals surface area contributed by atoms with E-state index in [4.69, 9.17) is 21.1 Å². The molecule has 2 bridgehead atoms. The number of esters is 1.